The second-order valence-corrected chi connectivity index (χ2v) is 10.6. The summed E-state index contributed by atoms with van der Waals surface area (Å²) in [6, 6.07) is 12.1. The van der Waals surface area contributed by atoms with Crippen LogP contribution in [-0.2, 0) is 30.9 Å². The standard InChI is InChI=1S/C29H31NO8/c1-16(36-27(33)23(31)17-7-5-4-6-8-17)26(32)37-20-11-12-29(34)21-15-18-9-10-19(35-3)24-22(18)28(29,25(20)38-24)13-14-30(21)2/h4-11,16,21,23,25,31,34H,12-15H2,1-3H3/t16-,21?,23-,25-,28-,29-/m0/s1. The first-order valence-electron chi connectivity index (χ1n) is 12.9. The fourth-order valence-electron chi connectivity index (χ4n) is 6.85. The van der Waals surface area contributed by atoms with E-state index in [1.54, 1.807) is 43.5 Å². The molecule has 2 heterocycles. The first kappa shape index (κ1) is 24.9. The van der Waals surface area contributed by atoms with Crippen molar-refractivity contribution in [2.45, 2.75) is 61.6 Å². The molecule has 6 atom stereocenters. The average Bonchev–Trinajstić information content (AvgIpc) is 3.28. The molecule has 1 fully saturated rings. The van der Waals surface area contributed by atoms with Crippen LogP contribution in [0.25, 0.3) is 0 Å². The van der Waals surface area contributed by atoms with Crippen LogP contribution in [0.3, 0.4) is 0 Å². The van der Waals surface area contributed by atoms with Gasteiger partial charge < -0.3 is 34.1 Å². The summed E-state index contributed by atoms with van der Waals surface area (Å²) in [4.78, 5) is 27.8. The molecule has 4 aliphatic rings. The molecule has 0 saturated carbocycles. The van der Waals surface area contributed by atoms with Crippen molar-refractivity contribution >= 4 is 11.9 Å². The minimum Gasteiger partial charge on any atom is -0.493 e. The lowest BCUT2D eigenvalue weighted by Gasteiger charge is -2.61. The van der Waals surface area contributed by atoms with Crippen molar-refractivity contribution in [1.29, 1.82) is 0 Å². The number of benzene rings is 2. The quantitative estimate of drug-likeness (QED) is 0.552. The van der Waals surface area contributed by atoms with Gasteiger partial charge in [0.25, 0.3) is 0 Å². The zero-order chi connectivity index (χ0) is 26.8. The first-order valence-corrected chi connectivity index (χ1v) is 12.9. The highest BCUT2D eigenvalue weighted by Gasteiger charge is 2.72. The monoisotopic (exact) mass is 521 g/mol. The van der Waals surface area contributed by atoms with E-state index in [-0.39, 0.29) is 18.2 Å². The van der Waals surface area contributed by atoms with Crippen molar-refractivity contribution in [3.05, 3.63) is 71.0 Å². The van der Waals surface area contributed by atoms with Gasteiger partial charge in [0.1, 0.15) is 5.76 Å². The van der Waals surface area contributed by atoms with E-state index in [1.807, 2.05) is 19.2 Å². The van der Waals surface area contributed by atoms with E-state index in [0.29, 0.717) is 29.9 Å². The molecule has 9 heteroatoms. The number of piperidine rings is 1. The lowest BCUT2D eigenvalue weighted by atomic mass is 9.50. The average molecular weight is 522 g/mol. The highest BCUT2D eigenvalue weighted by molar-refractivity contribution is 5.82. The molecule has 6 rings (SSSR count). The lowest BCUT2D eigenvalue weighted by molar-refractivity contribution is -0.178. The van der Waals surface area contributed by atoms with Crippen molar-refractivity contribution in [1.82, 2.24) is 4.90 Å². The maximum absolute atomic E-state index is 13.1. The normalized spacial score (nSPS) is 30.3. The third-order valence-electron chi connectivity index (χ3n) is 8.74. The summed E-state index contributed by atoms with van der Waals surface area (Å²) in [6.07, 6.45) is -0.264. The number of hydrogen-bond donors (Lipinski definition) is 2. The Labute approximate surface area is 220 Å². The molecule has 1 saturated heterocycles. The van der Waals surface area contributed by atoms with Gasteiger partial charge in [-0.2, -0.15) is 0 Å². The van der Waals surface area contributed by atoms with Gasteiger partial charge in [-0.05, 0) is 56.6 Å². The molecule has 0 radical (unpaired) electrons. The maximum Gasteiger partial charge on any atom is 0.352 e. The van der Waals surface area contributed by atoms with Gasteiger partial charge in [0.05, 0.1) is 18.1 Å². The molecular formula is C29H31NO8. The van der Waals surface area contributed by atoms with E-state index in [9.17, 15) is 19.8 Å². The number of carbonyl (C=O) groups is 2. The third-order valence-corrected chi connectivity index (χ3v) is 8.74. The fourth-order valence-corrected chi connectivity index (χ4v) is 6.85. The summed E-state index contributed by atoms with van der Waals surface area (Å²) in [5.74, 6) is -0.323. The number of methoxy groups -OCH3 is 1. The predicted molar refractivity (Wildman–Crippen MR) is 135 cm³/mol. The number of aliphatic hydroxyl groups excluding tert-OH is 1. The van der Waals surface area contributed by atoms with Crippen LogP contribution in [0.1, 0.15) is 42.6 Å². The molecule has 0 aromatic heterocycles. The topological polar surface area (TPSA) is 115 Å². The van der Waals surface area contributed by atoms with Crippen LogP contribution in [0, 0.1) is 0 Å². The molecule has 9 nitrogen and oxygen atoms in total. The molecule has 1 unspecified atom stereocenters. The molecule has 200 valence electrons. The predicted octanol–water partition coefficient (Wildman–Crippen LogP) is 2.18. The Morgan fingerprint density at radius 1 is 1.16 bits per heavy atom. The van der Waals surface area contributed by atoms with Gasteiger partial charge in [-0.25, -0.2) is 9.59 Å². The highest BCUT2D eigenvalue weighted by atomic mass is 16.6. The van der Waals surface area contributed by atoms with E-state index in [2.05, 4.69) is 4.90 Å². The first-order chi connectivity index (χ1) is 18.2. The van der Waals surface area contributed by atoms with Gasteiger partial charge in [-0.15, -0.1) is 0 Å². The minimum atomic E-state index is -1.52. The third kappa shape index (κ3) is 3.35. The van der Waals surface area contributed by atoms with Crippen molar-refractivity contribution in [3.63, 3.8) is 0 Å². The summed E-state index contributed by atoms with van der Waals surface area (Å²) >= 11 is 0. The zero-order valence-electron chi connectivity index (χ0n) is 21.5. The maximum atomic E-state index is 13.1. The Hall–Kier alpha value is -3.40. The van der Waals surface area contributed by atoms with Crippen LogP contribution in [0.2, 0.25) is 0 Å². The largest absolute Gasteiger partial charge is 0.493 e. The number of ether oxygens (including phenoxy) is 4. The van der Waals surface area contributed by atoms with E-state index < -0.39 is 41.3 Å². The van der Waals surface area contributed by atoms with Gasteiger partial charge in [0.15, 0.2) is 29.8 Å². The lowest BCUT2D eigenvalue weighted by Crippen LogP contribution is -2.74. The van der Waals surface area contributed by atoms with Gasteiger partial charge in [-0.1, -0.05) is 36.4 Å². The number of carbonyl (C=O) groups excluding carboxylic acids is 2. The van der Waals surface area contributed by atoms with Crippen molar-refractivity contribution in [2.24, 2.45) is 0 Å². The van der Waals surface area contributed by atoms with E-state index in [4.69, 9.17) is 18.9 Å². The number of nitrogens with zero attached hydrogens (tertiary/aromatic N) is 1. The van der Waals surface area contributed by atoms with Gasteiger partial charge >= 0.3 is 11.9 Å². The number of likely N-dealkylation sites (N-methyl/N-ethyl adjacent to an activating group) is 1. The molecule has 2 aliphatic carbocycles. The Morgan fingerprint density at radius 3 is 2.66 bits per heavy atom. The number of likely N-dealkylation sites (tertiary alicyclic amines) is 1. The molecule has 2 aromatic rings. The van der Waals surface area contributed by atoms with Gasteiger partial charge in [-0.3, -0.25) is 0 Å². The van der Waals surface area contributed by atoms with Crippen LogP contribution in [0.5, 0.6) is 11.5 Å². The summed E-state index contributed by atoms with van der Waals surface area (Å²) in [6.45, 7) is 2.14. The SMILES string of the molecule is COc1ccc2c3c1O[C@H]1C(OC(=O)[C@H](C)OC(=O)[C@@H](O)c4ccccc4)=CC[C@]4(O)C(C2)N(C)CC[C@]314. The van der Waals surface area contributed by atoms with Crippen molar-refractivity contribution < 1.29 is 38.7 Å². The van der Waals surface area contributed by atoms with Gasteiger partial charge in [0.2, 0.25) is 0 Å². The fraction of sp³-hybridized carbons (Fsp3) is 0.448. The van der Waals surface area contributed by atoms with Crippen molar-refractivity contribution in [3.8, 4) is 11.5 Å². The second-order valence-electron chi connectivity index (χ2n) is 10.6. The van der Waals surface area contributed by atoms with Crippen LogP contribution in [0.4, 0.5) is 0 Å². The smallest absolute Gasteiger partial charge is 0.352 e. The number of rotatable bonds is 6. The molecule has 2 aromatic carbocycles. The Kier molecular flexibility index (Phi) is 5.79. The summed E-state index contributed by atoms with van der Waals surface area (Å²) < 4.78 is 23.1. The van der Waals surface area contributed by atoms with E-state index >= 15 is 0 Å². The molecule has 2 N–H and O–H groups in total. The Bertz CT molecular complexity index is 1330. The van der Waals surface area contributed by atoms with Crippen LogP contribution < -0.4 is 9.47 Å². The van der Waals surface area contributed by atoms with Crippen LogP contribution in [-0.4, -0.2) is 71.6 Å². The molecule has 0 amide bonds. The molecule has 1 spiro atoms. The number of aliphatic hydroxyl groups is 2. The number of hydrogen-bond acceptors (Lipinski definition) is 9. The minimum absolute atomic E-state index is 0.123. The summed E-state index contributed by atoms with van der Waals surface area (Å²) in [5.41, 5.74) is 0.455. The molecule has 2 bridgehead atoms. The highest BCUT2D eigenvalue weighted by Crippen LogP contribution is 2.65. The zero-order valence-corrected chi connectivity index (χ0v) is 21.5. The van der Waals surface area contributed by atoms with E-state index in [1.165, 1.54) is 6.92 Å². The molecule has 2 aliphatic heterocycles. The van der Waals surface area contributed by atoms with Crippen molar-refractivity contribution in [2.75, 3.05) is 20.7 Å². The summed E-state index contributed by atoms with van der Waals surface area (Å²) in [7, 11) is 3.60. The molecular weight excluding hydrogens is 490 g/mol. The van der Waals surface area contributed by atoms with Crippen LogP contribution in [0.15, 0.2) is 54.3 Å². The van der Waals surface area contributed by atoms with Gasteiger partial charge in [0, 0.05) is 18.0 Å². The Balaban J connectivity index is 1.28. The van der Waals surface area contributed by atoms with E-state index in [0.717, 1.165) is 17.7 Å². The number of esters is 2. The Morgan fingerprint density at radius 2 is 1.92 bits per heavy atom. The van der Waals surface area contributed by atoms with Crippen LogP contribution >= 0.6 is 0 Å². The molecule has 38 heavy (non-hydrogen) atoms. The second kappa shape index (κ2) is 8.83. The summed E-state index contributed by atoms with van der Waals surface area (Å²) in [5, 5.41) is 22.6.